The number of nitrogens with zero attached hydrogens (tertiary/aromatic N) is 1. The van der Waals surface area contributed by atoms with Gasteiger partial charge in [0.1, 0.15) is 5.54 Å². The first-order valence-corrected chi connectivity index (χ1v) is 7.63. The first-order chi connectivity index (χ1) is 9.92. The number of esters is 1. The minimum atomic E-state index is -0.636. The largest absolute Gasteiger partial charge is 0.465 e. The van der Waals surface area contributed by atoms with Gasteiger partial charge in [0.25, 0.3) is 0 Å². The van der Waals surface area contributed by atoms with Gasteiger partial charge in [-0.1, -0.05) is 19.1 Å². The Morgan fingerprint density at radius 1 is 1.38 bits per heavy atom. The predicted molar refractivity (Wildman–Crippen MR) is 87.8 cm³/mol. The quantitative estimate of drug-likeness (QED) is 0.748. The lowest BCUT2D eigenvalue weighted by Gasteiger charge is -2.30. The zero-order valence-electron chi connectivity index (χ0n) is 13.9. The molecular formula is C17H28N2O2. The Labute approximate surface area is 128 Å². The summed E-state index contributed by atoms with van der Waals surface area (Å²) < 4.78 is 5.20. The van der Waals surface area contributed by atoms with Crippen molar-refractivity contribution in [1.82, 2.24) is 5.32 Å². The van der Waals surface area contributed by atoms with Gasteiger partial charge in [-0.05, 0) is 51.4 Å². The highest BCUT2D eigenvalue weighted by molar-refractivity contribution is 5.80. The number of anilines is 1. The molecule has 21 heavy (non-hydrogen) atoms. The van der Waals surface area contributed by atoms with Gasteiger partial charge in [-0.25, -0.2) is 0 Å². The second-order valence-electron chi connectivity index (χ2n) is 5.59. The number of nitrogens with one attached hydrogen (secondary N) is 1. The Balaban J connectivity index is 2.70. The second-order valence-corrected chi connectivity index (χ2v) is 5.59. The minimum absolute atomic E-state index is 0.176. The molecule has 0 aliphatic carbocycles. The highest BCUT2D eigenvalue weighted by Gasteiger charge is 2.33. The highest BCUT2D eigenvalue weighted by Crippen LogP contribution is 2.18. The van der Waals surface area contributed by atoms with Crippen molar-refractivity contribution in [2.24, 2.45) is 0 Å². The Bertz CT molecular complexity index is 462. The molecule has 0 aliphatic rings. The normalized spacial score (nSPS) is 13.6. The van der Waals surface area contributed by atoms with Gasteiger partial charge in [-0.2, -0.15) is 0 Å². The lowest BCUT2D eigenvalue weighted by atomic mass is 9.97. The molecule has 0 spiro atoms. The van der Waals surface area contributed by atoms with Crippen molar-refractivity contribution in [3.63, 3.8) is 0 Å². The van der Waals surface area contributed by atoms with Crippen molar-refractivity contribution in [3.8, 4) is 0 Å². The zero-order chi connectivity index (χ0) is 15.9. The van der Waals surface area contributed by atoms with Crippen LogP contribution < -0.4 is 10.2 Å². The molecule has 0 aromatic heterocycles. The number of hydrogen-bond acceptors (Lipinski definition) is 4. The number of carbonyl (C=O) groups is 1. The van der Waals surface area contributed by atoms with Gasteiger partial charge in [0.05, 0.1) is 6.61 Å². The van der Waals surface area contributed by atoms with Gasteiger partial charge in [-0.15, -0.1) is 0 Å². The van der Waals surface area contributed by atoms with E-state index in [0.717, 1.165) is 18.8 Å². The molecular weight excluding hydrogens is 264 g/mol. The summed E-state index contributed by atoms with van der Waals surface area (Å²) in [6.45, 7) is 9.77. The van der Waals surface area contributed by atoms with E-state index in [1.165, 1.54) is 5.56 Å². The minimum Gasteiger partial charge on any atom is -0.465 e. The van der Waals surface area contributed by atoms with Gasteiger partial charge in [0, 0.05) is 19.3 Å². The summed E-state index contributed by atoms with van der Waals surface area (Å²) in [5.74, 6) is -0.176. The van der Waals surface area contributed by atoms with Gasteiger partial charge in [0.2, 0.25) is 0 Å². The van der Waals surface area contributed by atoms with Crippen LogP contribution in [0, 0.1) is 6.92 Å². The van der Waals surface area contributed by atoms with Crippen LogP contribution in [0.2, 0.25) is 0 Å². The third-order valence-corrected chi connectivity index (χ3v) is 3.68. The monoisotopic (exact) mass is 292 g/mol. The van der Waals surface area contributed by atoms with Crippen LogP contribution in [0.4, 0.5) is 5.69 Å². The number of carbonyl (C=O) groups excluding carboxylic acids is 1. The fraction of sp³-hybridized carbons (Fsp3) is 0.588. The third-order valence-electron chi connectivity index (χ3n) is 3.68. The molecule has 1 aromatic carbocycles. The van der Waals surface area contributed by atoms with E-state index < -0.39 is 5.54 Å². The van der Waals surface area contributed by atoms with Gasteiger partial charge >= 0.3 is 5.97 Å². The Hall–Kier alpha value is -1.55. The number of hydrogen-bond donors (Lipinski definition) is 1. The zero-order valence-corrected chi connectivity index (χ0v) is 13.9. The van der Waals surface area contributed by atoms with E-state index in [1.54, 1.807) is 0 Å². The number of ether oxygens (including phenoxy) is 1. The molecule has 1 unspecified atom stereocenters. The maximum Gasteiger partial charge on any atom is 0.326 e. The van der Waals surface area contributed by atoms with Crippen molar-refractivity contribution in [3.05, 3.63) is 29.8 Å². The van der Waals surface area contributed by atoms with Crippen molar-refractivity contribution >= 4 is 11.7 Å². The van der Waals surface area contributed by atoms with Crippen LogP contribution in [-0.4, -0.2) is 38.3 Å². The lowest BCUT2D eigenvalue weighted by molar-refractivity contribution is -0.150. The summed E-state index contributed by atoms with van der Waals surface area (Å²) >= 11 is 0. The number of rotatable bonds is 8. The highest BCUT2D eigenvalue weighted by atomic mass is 16.5. The third kappa shape index (κ3) is 5.05. The van der Waals surface area contributed by atoms with Crippen molar-refractivity contribution in [2.75, 3.05) is 31.6 Å². The number of benzene rings is 1. The van der Waals surface area contributed by atoms with Gasteiger partial charge < -0.3 is 15.0 Å². The number of likely N-dealkylation sites (N-methyl/N-ethyl adjacent to an activating group) is 1. The summed E-state index contributed by atoms with van der Waals surface area (Å²) in [5, 5.41) is 3.26. The van der Waals surface area contributed by atoms with Crippen LogP contribution in [0.3, 0.4) is 0 Å². The molecule has 0 aliphatic heterocycles. The standard InChI is InChI=1S/C17H28N2O2/c1-6-18-17(4,16(20)21-7-2)11-12-19(5)15-10-8-9-14(3)13-15/h8-10,13,18H,6-7,11-12H2,1-5H3. The molecule has 0 saturated carbocycles. The van der Waals surface area contributed by atoms with Crippen LogP contribution in [0.5, 0.6) is 0 Å². The summed E-state index contributed by atoms with van der Waals surface area (Å²) in [7, 11) is 2.05. The van der Waals surface area contributed by atoms with Crippen molar-refractivity contribution in [1.29, 1.82) is 0 Å². The van der Waals surface area contributed by atoms with E-state index in [9.17, 15) is 4.79 Å². The van der Waals surface area contributed by atoms with E-state index in [4.69, 9.17) is 4.74 Å². The Morgan fingerprint density at radius 2 is 2.10 bits per heavy atom. The molecule has 0 bridgehead atoms. The summed E-state index contributed by atoms with van der Waals surface area (Å²) in [6.07, 6.45) is 0.699. The molecule has 0 radical (unpaired) electrons. The lowest BCUT2D eigenvalue weighted by Crippen LogP contribution is -2.52. The molecule has 118 valence electrons. The molecule has 1 atom stereocenters. The molecule has 0 amide bonds. The molecule has 1 N–H and O–H groups in total. The molecule has 4 nitrogen and oxygen atoms in total. The summed E-state index contributed by atoms with van der Waals surface area (Å²) in [6, 6.07) is 8.37. The average molecular weight is 292 g/mol. The summed E-state index contributed by atoms with van der Waals surface area (Å²) in [4.78, 5) is 14.3. The fourth-order valence-corrected chi connectivity index (χ4v) is 2.33. The maximum atomic E-state index is 12.2. The first-order valence-electron chi connectivity index (χ1n) is 7.63. The second kappa shape index (κ2) is 8.03. The van der Waals surface area contributed by atoms with Gasteiger partial charge in [-0.3, -0.25) is 4.79 Å². The maximum absolute atomic E-state index is 12.2. The van der Waals surface area contributed by atoms with Crippen molar-refractivity contribution < 1.29 is 9.53 Å². The number of aryl methyl sites for hydroxylation is 1. The molecule has 0 saturated heterocycles. The summed E-state index contributed by atoms with van der Waals surface area (Å²) in [5.41, 5.74) is 1.76. The first kappa shape index (κ1) is 17.5. The van der Waals surface area contributed by atoms with Crippen molar-refractivity contribution in [2.45, 2.75) is 39.7 Å². The molecule has 1 rings (SSSR count). The van der Waals surface area contributed by atoms with Crippen LogP contribution in [-0.2, 0) is 9.53 Å². The Morgan fingerprint density at radius 3 is 2.67 bits per heavy atom. The van der Waals surface area contributed by atoms with E-state index in [1.807, 2.05) is 27.8 Å². The molecule has 1 aromatic rings. The van der Waals surface area contributed by atoms with Crippen LogP contribution >= 0.6 is 0 Å². The smallest absolute Gasteiger partial charge is 0.326 e. The van der Waals surface area contributed by atoms with Crippen LogP contribution in [0.1, 0.15) is 32.8 Å². The topological polar surface area (TPSA) is 41.6 Å². The van der Waals surface area contributed by atoms with Gasteiger partial charge in [0.15, 0.2) is 0 Å². The van der Waals surface area contributed by atoms with E-state index in [2.05, 4.69) is 41.4 Å². The van der Waals surface area contributed by atoms with E-state index in [0.29, 0.717) is 13.0 Å². The molecule has 4 heteroatoms. The average Bonchev–Trinajstić information content (AvgIpc) is 2.45. The predicted octanol–water partition coefficient (Wildman–Crippen LogP) is 2.75. The Kier molecular flexibility index (Phi) is 6.69. The van der Waals surface area contributed by atoms with Crippen LogP contribution in [0.25, 0.3) is 0 Å². The van der Waals surface area contributed by atoms with Crippen LogP contribution in [0.15, 0.2) is 24.3 Å². The molecule has 0 heterocycles. The molecule has 0 fully saturated rings. The van der Waals surface area contributed by atoms with E-state index in [-0.39, 0.29) is 5.97 Å². The van der Waals surface area contributed by atoms with E-state index >= 15 is 0 Å². The SMILES string of the molecule is CCNC(C)(CCN(C)c1cccc(C)c1)C(=O)OCC. The fourth-order valence-electron chi connectivity index (χ4n) is 2.33.